The van der Waals surface area contributed by atoms with E-state index in [-0.39, 0.29) is 30.5 Å². The van der Waals surface area contributed by atoms with Gasteiger partial charge < -0.3 is 117 Å². The number of hydrogen-bond donors (Lipinski definition) is 11. The van der Waals surface area contributed by atoms with Crippen LogP contribution in [-0.2, 0) is 65.6 Å². The van der Waals surface area contributed by atoms with Gasteiger partial charge in [-0.1, -0.05) is 184 Å². The van der Waals surface area contributed by atoms with E-state index in [1.807, 2.05) is 113 Å². The van der Waals surface area contributed by atoms with Gasteiger partial charge in [-0.25, -0.2) is 0 Å². The number of piperidine rings is 1. The smallest absolute Gasteiger partial charge is 0.219 e. The van der Waals surface area contributed by atoms with Gasteiger partial charge in [0.15, 0.2) is 0 Å². The molecular weight excluding hydrogens is 1090 g/mol. The van der Waals surface area contributed by atoms with Gasteiger partial charge in [0.2, 0.25) is 5.91 Å². The molecule has 0 aliphatic carbocycles. The second-order valence-corrected chi connectivity index (χ2v) is 12.7. The molecule has 0 spiro atoms. The van der Waals surface area contributed by atoms with Crippen molar-refractivity contribution in [3.05, 3.63) is 71.8 Å². The van der Waals surface area contributed by atoms with Crippen LogP contribution in [0.1, 0.15) is 174 Å². The number of rotatable bonds is 5. The summed E-state index contributed by atoms with van der Waals surface area (Å²) in [4.78, 5) is 92.6. The molecule has 85 heavy (non-hydrogen) atoms. The van der Waals surface area contributed by atoms with Gasteiger partial charge in [0.25, 0.3) is 0 Å². The Hall–Kier alpha value is -5.83. The lowest BCUT2D eigenvalue weighted by atomic mass is 10.1. The van der Waals surface area contributed by atoms with Crippen LogP contribution >= 0.6 is 0 Å². The van der Waals surface area contributed by atoms with Crippen molar-refractivity contribution >= 4 is 73.8 Å². The normalized spacial score (nSPS) is 7.05. The lowest BCUT2D eigenvalue weighted by Crippen LogP contribution is -2.33. The molecule has 1 aliphatic heterocycles. The van der Waals surface area contributed by atoms with E-state index < -0.39 is 0 Å². The van der Waals surface area contributed by atoms with E-state index in [0.717, 1.165) is 43.7 Å². The molecule has 1 fully saturated rings. The third-order valence-electron chi connectivity index (χ3n) is 6.75. The summed E-state index contributed by atoms with van der Waals surface area (Å²) in [7, 11) is 10.5. The van der Waals surface area contributed by atoms with Crippen LogP contribution in [0.2, 0.25) is 0 Å². The number of amides is 1. The third-order valence-corrected chi connectivity index (χ3v) is 6.75. The third kappa shape index (κ3) is 438. The number of aryl methyl sites for hydroxylation is 2. The molecule has 0 saturated carbocycles. The van der Waals surface area contributed by atoms with Gasteiger partial charge in [0.05, 0.1) is 0 Å². The Kier molecular flexibility index (Phi) is 643. The van der Waals surface area contributed by atoms with Crippen molar-refractivity contribution in [2.75, 3.05) is 62.4 Å². The predicted molar refractivity (Wildman–Crippen MR) is 380 cm³/mol. The van der Waals surface area contributed by atoms with Crippen molar-refractivity contribution in [1.29, 1.82) is 0 Å². The molecule has 0 unspecified atom stereocenters. The summed E-state index contributed by atoms with van der Waals surface area (Å²) in [5.41, 5.74) is 34.3. The molecule has 0 atom stereocenters. The van der Waals surface area contributed by atoms with E-state index in [1.165, 1.54) is 99.0 Å². The number of carbonyl (C=O) groups is 11. The van der Waals surface area contributed by atoms with Gasteiger partial charge in [-0.3, -0.25) is 4.79 Å². The number of aliphatic hydroxyl groups is 1. The first-order valence-electron chi connectivity index (χ1n) is 26.7. The fourth-order valence-corrected chi connectivity index (χ4v) is 2.64. The minimum Gasteiger partial charge on any atom is -0.394 e. The lowest BCUT2D eigenvalue weighted by Gasteiger charge is -2.24. The van der Waals surface area contributed by atoms with E-state index in [1.54, 1.807) is 20.8 Å². The highest BCUT2D eigenvalue weighted by Crippen LogP contribution is 2.07. The summed E-state index contributed by atoms with van der Waals surface area (Å²) in [6.45, 7) is 59.3. The first-order valence-corrected chi connectivity index (χ1v) is 26.7. The number of benzene rings is 2. The van der Waals surface area contributed by atoms with E-state index >= 15 is 0 Å². The maximum atomic E-state index is 10.7. The van der Waals surface area contributed by atoms with Crippen LogP contribution in [0.15, 0.2) is 60.7 Å². The second-order valence-electron chi connectivity index (χ2n) is 12.7. The van der Waals surface area contributed by atoms with Crippen LogP contribution < -0.4 is 58.6 Å². The number of aliphatic hydroxyl groups excluding tert-OH is 1. The summed E-state index contributed by atoms with van der Waals surface area (Å²) in [6.07, 6.45) is 9.71. The Morgan fingerprint density at radius 2 is 0.506 bits per heavy atom. The van der Waals surface area contributed by atoms with Crippen molar-refractivity contribution in [1.82, 2.24) is 23.4 Å². The average molecular weight is 1240 g/mol. The molecule has 1 heterocycles. The van der Waals surface area contributed by atoms with Gasteiger partial charge in [0.1, 0.15) is 67.9 Å². The highest BCUT2D eigenvalue weighted by atomic mass is 16.3. The van der Waals surface area contributed by atoms with Crippen molar-refractivity contribution in [2.24, 2.45) is 57.9 Å². The quantitative estimate of drug-likeness (QED) is 0.133. The molecule has 23 nitrogen and oxygen atoms in total. The van der Waals surface area contributed by atoms with Crippen LogP contribution in [0.5, 0.6) is 0 Å². The number of nitrogens with two attached hydrogens (primary N) is 7. The van der Waals surface area contributed by atoms with Gasteiger partial charge in [0, 0.05) is 26.1 Å². The van der Waals surface area contributed by atoms with E-state index in [0.29, 0.717) is 0 Å². The first kappa shape index (κ1) is 171. The standard InChI is InChI=1S/2C8H10.C7H13NO.3C5H12.C3H8O.2C2H6.7CH5N.10CH2O.3H3N/c2*1-2-8-6-4-3-5-7-8;1-7(9)8-5-3-2-4-6-8;3*1-4-5(2)3;1-3(2)4;19*1-2;;;/h2*3-7H,2H2,1H3;2-6H2,1H3;3*5H,4H2,1-3H3;3-4H,1-2H3;2*1-2H3;7*2H2,1H3;10*1H2;3*1H3. The van der Waals surface area contributed by atoms with Crippen LogP contribution in [-0.4, -0.2) is 152 Å². The monoisotopic (exact) mass is 1240 g/mol. The number of nitrogens with zero attached hydrogens (tertiary/aromatic N) is 1. The first-order chi connectivity index (χ1) is 39.7. The zero-order valence-corrected chi connectivity index (χ0v) is 60.3. The van der Waals surface area contributed by atoms with Crippen molar-refractivity contribution < 1.29 is 57.8 Å². The zero-order chi connectivity index (χ0) is 72.8. The van der Waals surface area contributed by atoms with Gasteiger partial charge >= 0.3 is 0 Å². The van der Waals surface area contributed by atoms with Gasteiger partial charge in [-0.2, -0.15) is 0 Å². The Morgan fingerprint density at radius 1 is 0.376 bits per heavy atom. The molecule has 528 valence electrons. The summed E-state index contributed by atoms with van der Waals surface area (Å²) in [6, 6.07) is 20.9. The summed E-state index contributed by atoms with van der Waals surface area (Å²) in [5.74, 6) is 2.88. The Bertz CT molecular complexity index is 913. The highest BCUT2D eigenvalue weighted by Gasteiger charge is 2.11. The molecule has 1 amide bonds. The minimum atomic E-state index is -0.167. The van der Waals surface area contributed by atoms with Crippen molar-refractivity contribution in [3.8, 4) is 0 Å². The van der Waals surface area contributed by atoms with E-state index in [2.05, 4.69) is 165 Å². The number of hydrogen-bond acceptors (Lipinski definition) is 22. The van der Waals surface area contributed by atoms with Gasteiger partial charge in [-0.15, -0.1) is 0 Å². The highest BCUT2D eigenvalue weighted by molar-refractivity contribution is 5.73. The molecule has 24 N–H and O–H groups in total. The second kappa shape index (κ2) is 320. The van der Waals surface area contributed by atoms with Gasteiger partial charge in [-0.05, 0) is 124 Å². The fourth-order valence-electron chi connectivity index (χ4n) is 2.64. The van der Waals surface area contributed by atoms with Crippen LogP contribution in [0.4, 0.5) is 0 Å². The zero-order valence-electron chi connectivity index (χ0n) is 60.3. The van der Waals surface area contributed by atoms with Crippen LogP contribution in [0.25, 0.3) is 0 Å². The average Bonchev–Trinajstić information content (AvgIpc) is 3.60. The van der Waals surface area contributed by atoms with Crippen LogP contribution in [0.3, 0.4) is 0 Å². The van der Waals surface area contributed by atoms with Crippen LogP contribution in [0, 0.1) is 17.8 Å². The molecule has 0 bridgehead atoms. The van der Waals surface area contributed by atoms with Crippen molar-refractivity contribution in [2.45, 2.75) is 182 Å². The summed E-state index contributed by atoms with van der Waals surface area (Å²) in [5, 5.41) is 8.06. The molecule has 1 aliphatic rings. The van der Waals surface area contributed by atoms with E-state index in [4.69, 9.17) is 53.1 Å². The Morgan fingerprint density at radius 3 is 0.576 bits per heavy atom. The summed E-state index contributed by atoms with van der Waals surface area (Å²) >= 11 is 0. The molecule has 0 radical (unpaired) electrons. The fraction of sp³-hybridized carbons (Fsp3) is 0.629. The Balaban J connectivity index is -0.0000000182. The molecule has 3 rings (SSSR count). The largest absolute Gasteiger partial charge is 0.394 e. The van der Waals surface area contributed by atoms with E-state index in [9.17, 15) is 4.79 Å². The lowest BCUT2D eigenvalue weighted by molar-refractivity contribution is -0.129. The predicted octanol–water partition coefficient (Wildman–Crippen LogP) is 9.77. The Labute approximate surface area is 527 Å². The molecule has 0 aromatic heterocycles. The summed E-state index contributed by atoms with van der Waals surface area (Å²) < 4.78 is 0. The number of likely N-dealkylation sites (tertiary alicyclic amines) is 1. The molecule has 2 aromatic carbocycles. The SMILES string of the molecule is C=O.C=O.C=O.C=O.C=O.C=O.C=O.C=O.C=O.C=O.CC.CC.CC(=O)N1CCCCC1.CC(C)O.CCC(C)C.CCC(C)C.CCC(C)C.CCc1ccccc1.CCc1ccccc1.CN.CN.CN.CN.CN.CN.CN.N.N.N. The van der Waals surface area contributed by atoms with Crippen molar-refractivity contribution in [3.63, 3.8) is 0 Å². The molecule has 1 saturated heterocycles. The minimum absolute atomic E-state index is 0. The maximum Gasteiger partial charge on any atom is 0.219 e. The molecule has 2 aromatic rings. The molecular formula is C62H153N11O12. The maximum absolute atomic E-state index is 10.7. The topological polar surface area (TPSA) is 498 Å². The number of carbonyl (C=O) groups excluding carboxylic acids is 11. The molecule has 23 heteroatoms.